The lowest BCUT2D eigenvalue weighted by atomic mass is 9.56. The molecule has 2 rings (SSSR count). The van der Waals surface area contributed by atoms with Gasteiger partial charge in [-0.05, 0) is 38.6 Å². The minimum atomic E-state index is -0.0689. The highest BCUT2D eigenvalue weighted by atomic mass is 16.5. The van der Waals surface area contributed by atoms with Gasteiger partial charge in [0, 0.05) is 18.3 Å². The topological polar surface area (TPSA) is 27.1 Å². The van der Waals surface area contributed by atoms with Crippen LogP contribution in [0.2, 0.25) is 6.32 Å². The fourth-order valence-electron chi connectivity index (χ4n) is 2.31. The third kappa shape index (κ3) is 1.69. The SMILES string of the molecule is CCn1nccc1B1CC(C)(C)C(C)(C)O1. The Balaban J connectivity index is 2.27. The maximum Gasteiger partial charge on any atom is 0.346 e. The third-order valence-electron chi connectivity index (χ3n) is 4.14. The summed E-state index contributed by atoms with van der Waals surface area (Å²) in [5.74, 6) is 0. The fourth-order valence-corrected chi connectivity index (χ4v) is 2.31. The highest BCUT2D eigenvalue weighted by Gasteiger charge is 2.50. The maximum absolute atomic E-state index is 6.19. The van der Waals surface area contributed by atoms with Crippen LogP contribution in [0.1, 0.15) is 34.6 Å². The van der Waals surface area contributed by atoms with Gasteiger partial charge in [-0.2, -0.15) is 5.10 Å². The second-order valence-corrected chi connectivity index (χ2v) is 5.78. The Morgan fingerprint density at radius 2 is 2.12 bits per heavy atom. The van der Waals surface area contributed by atoms with Crippen LogP contribution in [0.15, 0.2) is 12.3 Å². The first-order chi connectivity index (χ1) is 7.37. The molecule has 0 aliphatic carbocycles. The molecule has 16 heavy (non-hydrogen) atoms. The molecule has 0 bridgehead atoms. The van der Waals surface area contributed by atoms with Crippen LogP contribution < -0.4 is 5.59 Å². The van der Waals surface area contributed by atoms with E-state index in [-0.39, 0.29) is 17.9 Å². The van der Waals surface area contributed by atoms with Crippen LogP contribution in [0.4, 0.5) is 0 Å². The molecular weight excluding hydrogens is 199 g/mol. The van der Waals surface area contributed by atoms with E-state index < -0.39 is 0 Å². The zero-order valence-electron chi connectivity index (χ0n) is 10.9. The molecule has 1 aromatic rings. The predicted molar refractivity (Wildman–Crippen MR) is 67.0 cm³/mol. The molecule has 1 aromatic heterocycles. The first-order valence-corrected chi connectivity index (χ1v) is 6.07. The molecule has 88 valence electrons. The molecule has 1 fully saturated rings. The van der Waals surface area contributed by atoms with Crippen LogP contribution in [-0.2, 0) is 11.2 Å². The number of nitrogens with zero attached hydrogens (tertiary/aromatic N) is 2. The Kier molecular flexibility index (Phi) is 2.65. The normalized spacial score (nSPS) is 22.7. The Labute approximate surface area is 98.3 Å². The van der Waals surface area contributed by atoms with Crippen molar-refractivity contribution in [3.63, 3.8) is 0 Å². The first kappa shape index (κ1) is 11.7. The zero-order valence-corrected chi connectivity index (χ0v) is 10.9. The monoisotopic (exact) mass is 220 g/mol. The summed E-state index contributed by atoms with van der Waals surface area (Å²) in [7, 11) is 0. The van der Waals surface area contributed by atoms with Gasteiger partial charge in [0.2, 0.25) is 0 Å². The van der Waals surface area contributed by atoms with Crippen LogP contribution in [0.5, 0.6) is 0 Å². The van der Waals surface area contributed by atoms with E-state index in [9.17, 15) is 0 Å². The zero-order chi connectivity index (χ0) is 12.0. The fraction of sp³-hybridized carbons (Fsp3) is 0.750. The van der Waals surface area contributed by atoms with Gasteiger partial charge in [-0.3, -0.25) is 4.68 Å². The summed E-state index contributed by atoms with van der Waals surface area (Å²) in [6, 6.07) is 2.08. The van der Waals surface area contributed by atoms with E-state index in [4.69, 9.17) is 4.65 Å². The molecule has 0 unspecified atom stereocenters. The lowest BCUT2D eigenvalue weighted by Crippen LogP contribution is -2.38. The summed E-state index contributed by atoms with van der Waals surface area (Å²) < 4.78 is 8.22. The van der Waals surface area contributed by atoms with E-state index in [0.717, 1.165) is 12.9 Å². The standard InChI is InChI=1S/C12H21BN2O/c1-6-15-10(7-8-14-15)13-9-11(2,3)12(4,5)16-13/h7-8H,6,9H2,1-5H3. The summed E-state index contributed by atoms with van der Waals surface area (Å²) in [6.07, 6.45) is 2.92. The van der Waals surface area contributed by atoms with Crippen LogP contribution >= 0.6 is 0 Å². The summed E-state index contributed by atoms with van der Waals surface area (Å²) >= 11 is 0. The van der Waals surface area contributed by atoms with Crippen LogP contribution in [0.25, 0.3) is 0 Å². The van der Waals surface area contributed by atoms with Crippen molar-refractivity contribution in [2.45, 2.75) is 53.1 Å². The summed E-state index contributed by atoms with van der Waals surface area (Å²) in [5, 5.41) is 4.31. The van der Waals surface area contributed by atoms with Gasteiger partial charge in [-0.1, -0.05) is 13.8 Å². The average molecular weight is 220 g/mol. The molecular formula is C12H21BN2O. The van der Waals surface area contributed by atoms with Crippen molar-refractivity contribution in [2.24, 2.45) is 5.41 Å². The quantitative estimate of drug-likeness (QED) is 0.712. The largest absolute Gasteiger partial charge is 0.424 e. The minimum absolute atomic E-state index is 0.0689. The van der Waals surface area contributed by atoms with Crippen molar-refractivity contribution in [3.8, 4) is 0 Å². The predicted octanol–water partition coefficient (Wildman–Crippen LogP) is 1.94. The molecule has 1 aliphatic heterocycles. The number of hydrogen-bond acceptors (Lipinski definition) is 2. The van der Waals surface area contributed by atoms with Crippen molar-refractivity contribution >= 4 is 12.5 Å². The molecule has 1 aliphatic rings. The minimum Gasteiger partial charge on any atom is -0.424 e. The smallest absolute Gasteiger partial charge is 0.346 e. The van der Waals surface area contributed by atoms with Crippen LogP contribution in [0, 0.1) is 5.41 Å². The van der Waals surface area contributed by atoms with E-state index in [1.807, 2.05) is 10.9 Å². The number of rotatable bonds is 2. The van der Waals surface area contributed by atoms with Gasteiger partial charge in [0.05, 0.1) is 5.60 Å². The van der Waals surface area contributed by atoms with Crippen molar-refractivity contribution in [1.82, 2.24) is 9.78 Å². The Hall–Kier alpha value is -0.765. The molecule has 0 spiro atoms. The number of aryl methyl sites for hydroxylation is 1. The lowest BCUT2D eigenvalue weighted by molar-refractivity contribution is 0.0374. The lowest BCUT2D eigenvalue weighted by Gasteiger charge is -2.34. The van der Waals surface area contributed by atoms with Crippen molar-refractivity contribution in [2.75, 3.05) is 0 Å². The molecule has 4 heteroatoms. The van der Waals surface area contributed by atoms with E-state index in [1.54, 1.807) is 0 Å². The van der Waals surface area contributed by atoms with Gasteiger partial charge in [0.1, 0.15) is 0 Å². The summed E-state index contributed by atoms with van der Waals surface area (Å²) in [4.78, 5) is 0. The molecule has 1 saturated heterocycles. The second kappa shape index (κ2) is 3.62. The van der Waals surface area contributed by atoms with E-state index >= 15 is 0 Å². The number of aromatic nitrogens is 2. The van der Waals surface area contributed by atoms with E-state index in [1.165, 1.54) is 5.59 Å². The molecule has 0 atom stereocenters. The van der Waals surface area contributed by atoms with Gasteiger partial charge in [0.15, 0.2) is 0 Å². The highest BCUT2D eigenvalue weighted by molar-refractivity contribution is 6.67. The first-order valence-electron chi connectivity index (χ1n) is 6.07. The van der Waals surface area contributed by atoms with Crippen LogP contribution in [0.3, 0.4) is 0 Å². The average Bonchev–Trinajstić information content (AvgIpc) is 2.69. The van der Waals surface area contributed by atoms with E-state index in [0.29, 0.717) is 0 Å². The van der Waals surface area contributed by atoms with Crippen molar-refractivity contribution < 1.29 is 4.65 Å². The Bertz CT molecular complexity index is 368. The number of hydrogen-bond donors (Lipinski definition) is 0. The molecule has 2 heterocycles. The molecule has 3 nitrogen and oxygen atoms in total. The second-order valence-electron chi connectivity index (χ2n) is 5.78. The summed E-state index contributed by atoms with van der Waals surface area (Å²) in [5.41, 5.74) is 1.35. The molecule has 0 amide bonds. The molecule has 0 saturated carbocycles. The maximum atomic E-state index is 6.19. The van der Waals surface area contributed by atoms with Gasteiger partial charge in [-0.15, -0.1) is 0 Å². The molecule has 0 aromatic carbocycles. The van der Waals surface area contributed by atoms with Gasteiger partial charge in [-0.25, -0.2) is 0 Å². The van der Waals surface area contributed by atoms with Gasteiger partial charge >= 0.3 is 6.92 Å². The molecule has 0 radical (unpaired) electrons. The highest BCUT2D eigenvalue weighted by Crippen LogP contribution is 2.44. The van der Waals surface area contributed by atoms with Crippen LogP contribution in [-0.4, -0.2) is 22.3 Å². The Morgan fingerprint density at radius 1 is 1.44 bits per heavy atom. The Morgan fingerprint density at radius 3 is 2.62 bits per heavy atom. The van der Waals surface area contributed by atoms with Crippen molar-refractivity contribution in [1.29, 1.82) is 0 Å². The third-order valence-corrected chi connectivity index (χ3v) is 4.14. The van der Waals surface area contributed by atoms with Gasteiger partial charge < -0.3 is 4.65 Å². The summed E-state index contributed by atoms with van der Waals surface area (Å²) in [6.45, 7) is 12.1. The molecule has 0 N–H and O–H groups in total. The van der Waals surface area contributed by atoms with Crippen molar-refractivity contribution in [3.05, 3.63) is 12.3 Å². The van der Waals surface area contributed by atoms with Gasteiger partial charge in [0.25, 0.3) is 0 Å². The van der Waals surface area contributed by atoms with E-state index in [2.05, 4.69) is 45.8 Å².